The van der Waals surface area contributed by atoms with Crippen molar-refractivity contribution >= 4 is 40.6 Å². The Balaban J connectivity index is 1.44. The van der Waals surface area contributed by atoms with Crippen molar-refractivity contribution in [2.45, 2.75) is 6.92 Å². The van der Waals surface area contributed by atoms with Gasteiger partial charge in [-0.2, -0.15) is 0 Å². The van der Waals surface area contributed by atoms with Gasteiger partial charge in [-0.3, -0.25) is 14.9 Å². The molecule has 1 aromatic heterocycles. The highest BCUT2D eigenvalue weighted by molar-refractivity contribution is 8.18. The Labute approximate surface area is 161 Å². The van der Waals surface area contributed by atoms with Gasteiger partial charge in [0.1, 0.15) is 0 Å². The number of rotatable bonds is 3. The summed E-state index contributed by atoms with van der Waals surface area (Å²) in [5, 5.41) is 1.89. The Hall–Kier alpha value is -2.87. The molecule has 8 heteroatoms. The second kappa shape index (κ2) is 7.40. The number of carbonyl (C=O) groups is 2. The molecule has 1 aromatic carbocycles. The zero-order valence-corrected chi connectivity index (χ0v) is 15.7. The molecule has 1 N–H and O–H groups in total. The van der Waals surface area contributed by atoms with Crippen LogP contribution < -0.4 is 15.1 Å². The van der Waals surface area contributed by atoms with E-state index >= 15 is 0 Å². The number of benzene rings is 1. The van der Waals surface area contributed by atoms with Crippen molar-refractivity contribution in [3.05, 3.63) is 52.7 Å². The number of hydrogen-bond donors (Lipinski definition) is 1. The molecule has 138 valence electrons. The predicted molar refractivity (Wildman–Crippen MR) is 107 cm³/mol. The van der Waals surface area contributed by atoms with Gasteiger partial charge in [-0.15, -0.1) is 0 Å². The van der Waals surface area contributed by atoms with E-state index in [0.29, 0.717) is 16.5 Å². The first-order valence-corrected chi connectivity index (χ1v) is 9.54. The number of aromatic nitrogens is 2. The van der Waals surface area contributed by atoms with E-state index in [4.69, 9.17) is 0 Å². The third-order valence-electron chi connectivity index (χ3n) is 4.55. The highest BCUT2D eigenvalue weighted by atomic mass is 32.2. The summed E-state index contributed by atoms with van der Waals surface area (Å²) >= 11 is 0.890. The number of nitrogens with one attached hydrogen (secondary N) is 1. The minimum Gasteiger partial charge on any atom is -0.368 e. The van der Waals surface area contributed by atoms with Crippen molar-refractivity contribution in [1.82, 2.24) is 15.3 Å². The maximum absolute atomic E-state index is 11.7. The van der Waals surface area contributed by atoms with E-state index in [0.717, 1.165) is 37.9 Å². The van der Waals surface area contributed by atoms with E-state index in [1.54, 1.807) is 18.3 Å². The number of carbonyl (C=O) groups excluding carboxylic acids is 2. The second-order valence-electron chi connectivity index (χ2n) is 6.44. The van der Waals surface area contributed by atoms with Crippen LogP contribution in [0.5, 0.6) is 0 Å². The monoisotopic (exact) mass is 381 g/mol. The van der Waals surface area contributed by atoms with Crippen LogP contribution in [0.25, 0.3) is 6.08 Å². The average Bonchev–Trinajstić information content (AvgIpc) is 3.00. The molecule has 0 bridgehead atoms. The summed E-state index contributed by atoms with van der Waals surface area (Å²) in [7, 11) is 0. The fraction of sp³-hybridized carbons (Fsp3) is 0.263. The van der Waals surface area contributed by atoms with Gasteiger partial charge in [-0.1, -0.05) is 17.7 Å². The first-order valence-electron chi connectivity index (χ1n) is 8.73. The number of nitrogens with zero attached hydrogens (tertiary/aromatic N) is 4. The number of imide groups is 1. The highest BCUT2D eigenvalue weighted by Crippen LogP contribution is 2.25. The highest BCUT2D eigenvalue weighted by Gasteiger charge is 2.25. The van der Waals surface area contributed by atoms with E-state index in [9.17, 15) is 9.59 Å². The Bertz CT molecular complexity index is 905. The fourth-order valence-electron chi connectivity index (χ4n) is 3.07. The maximum atomic E-state index is 11.7. The standard InChI is InChI=1S/C19H19N5O2S/c1-13-2-4-15(5-3-13)23-8-10-24(11-9-23)18-20-7-6-14(21-18)12-16-17(25)22-19(26)27-16/h2-7,12H,8-11H2,1H3,(H,22,25,26)/b16-12-. The van der Waals surface area contributed by atoms with Gasteiger partial charge < -0.3 is 9.80 Å². The number of amides is 2. The largest absolute Gasteiger partial charge is 0.368 e. The smallest absolute Gasteiger partial charge is 0.290 e. The van der Waals surface area contributed by atoms with Crippen molar-refractivity contribution in [3.63, 3.8) is 0 Å². The van der Waals surface area contributed by atoms with Crippen molar-refractivity contribution < 1.29 is 9.59 Å². The molecule has 0 atom stereocenters. The molecule has 2 aromatic rings. The number of thioether (sulfide) groups is 1. The van der Waals surface area contributed by atoms with Crippen LogP contribution in [0.2, 0.25) is 0 Å². The van der Waals surface area contributed by atoms with E-state index < -0.39 is 0 Å². The molecule has 0 radical (unpaired) electrons. The molecule has 0 unspecified atom stereocenters. The predicted octanol–water partition coefficient (Wildman–Crippen LogP) is 2.44. The summed E-state index contributed by atoms with van der Waals surface area (Å²) in [6, 6.07) is 10.3. The summed E-state index contributed by atoms with van der Waals surface area (Å²) < 4.78 is 0. The van der Waals surface area contributed by atoms with Gasteiger partial charge in [0, 0.05) is 38.1 Å². The van der Waals surface area contributed by atoms with Crippen molar-refractivity contribution in [2.24, 2.45) is 0 Å². The summed E-state index contributed by atoms with van der Waals surface area (Å²) in [5.74, 6) is 0.263. The molecule has 4 rings (SSSR count). The minimum atomic E-state index is -0.378. The zero-order chi connectivity index (χ0) is 18.8. The van der Waals surface area contributed by atoms with Crippen LogP contribution in [0.3, 0.4) is 0 Å². The lowest BCUT2D eigenvalue weighted by atomic mass is 10.2. The summed E-state index contributed by atoms with van der Waals surface area (Å²) in [6.45, 7) is 5.52. The molecule has 2 fully saturated rings. The molecule has 3 heterocycles. The number of anilines is 2. The van der Waals surface area contributed by atoms with E-state index in [1.165, 1.54) is 11.3 Å². The van der Waals surface area contributed by atoms with Gasteiger partial charge in [0.15, 0.2) is 0 Å². The molecule has 0 aliphatic carbocycles. The molecular weight excluding hydrogens is 362 g/mol. The Morgan fingerprint density at radius 1 is 1.04 bits per heavy atom. The first kappa shape index (κ1) is 17.5. The van der Waals surface area contributed by atoms with E-state index in [2.05, 4.69) is 56.3 Å². The fourth-order valence-corrected chi connectivity index (χ4v) is 3.74. The summed E-state index contributed by atoms with van der Waals surface area (Å²) in [6.07, 6.45) is 3.30. The Morgan fingerprint density at radius 3 is 2.41 bits per heavy atom. The summed E-state index contributed by atoms with van der Waals surface area (Å²) in [4.78, 5) is 36.7. The van der Waals surface area contributed by atoms with E-state index in [1.807, 2.05) is 0 Å². The number of hydrogen-bond acceptors (Lipinski definition) is 7. The van der Waals surface area contributed by atoms with Crippen molar-refractivity contribution in [3.8, 4) is 0 Å². The van der Waals surface area contributed by atoms with Crippen LogP contribution in [-0.4, -0.2) is 47.3 Å². The lowest BCUT2D eigenvalue weighted by Crippen LogP contribution is -2.47. The number of piperazine rings is 1. The van der Waals surface area contributed by atoms with Crippen LogP contribution in [0.4, 0.5) is 16.4 Å². The van der Waals surface area contributed by atoms with Gasteiger partial charge in [-0.25, -0.2) is 9.97 Å². The van der Waals surface area contributed by atoms with Crippen LogP contribution in [0.1, 0.15) is 11.3 Å². The van der Waals surface area contributed by atoms with Gasteiger partial charge in [0.25, 0.3) is 11.1 Å². The third kappa shape index (κ3) is 3.95. The van der Waals surface area contributed by atoms with Crippen molar-refractivity contribution in [2.75, 3.05) is 36.0 Å². The Kier molecular flexibility index (Phi) is 4.81. The summed E-state index contributed by atoms with van der Waals surface area (Å²) in [5.41, 5.74) is 3.11. The SMILES string of the molecule is Cc1ccc(N2CCN(c3nccc(/C=C4\SC(=O)NC4=O)n3)CC2)cc1. The van der Waals surface area contributed by atoms with Gasteiger partial charge in [-0.05, 0) is 43.0 Å². The topological polar surface area (TPSA) is 78.4 Å². The quantitative estimate of drug-likeness (QED) is 0.818. The minimum absolute atomic E-state index is 0.354. The molecule has 2 aliphatic rings. The number of aryl methyl sites for hydroxylation is 1. The van der Waals surface area contributed by atoms with E-state index in [-0.39, 0.29) is 11.1 Å². The van der Waals surface area contributed by atoms with Crippen LogP contribution in [0.15, 0.2) is 41.4 Å². The second-order valence-corrected chi connectivity index (χ2v) is 7.46. The molecule has 2 aliphatic heterocycles. The molecule has 0 spiro atoms. The molecular formula is C19H19N5O2S. The van der Waals surface area contributed by atoms with Crippen LogP contribution in [-0.2, 0) is 4.79 Å². The lowest BCUT2D eigenvalue weighted by Gasteiger charge is -2.36. The third-order valence-corrected chi connectivity index (χ3v) is 5.36. The van der Waals surface area contributed by atoms with Crippen LogP contribution >= 0.6 is 11.8 Å². The molecule has 2 saturated heterocycles. The Morgan fingerprint density at radius 2 is 1.74 bits per heavy atom. The molecule has 27 heavy (non-hydrogen) atoms. The lowest BCUT2D eigenvalue weighted by molar-refractivity contribution is -0.115. The maximum Gasteiger partial charge on any atom is 0.290 e. The van der Waals surface area contributed by atoms with Gasteiger partial charge in [0.2, 0.25) is 5.95 Å². The van der Waals surface area contributed by atoms with Gasteiger partial charge >= 0.3 is 0 Å². The normalized spacial score (nSPS) is 18.9. The molecule has 2 amide bonds. The average molecular weight is 381 g/mol. The van der Waals surface area contributed by atoms with Crippen LogP contribution in [0, 0.1) is 6.92 Å². The van der Waals surface area contributed by atoms with Crippen molar-refractivity contribution in [1.29, 1.82) is 0 Å². The first-order chi connectivity index (χ1) is 13.1. The zero-order valence-electron chi connectivity index (χ0n) is 14.9. The van der Waals surface area contributed by atoms with Gasteiger partial charge in [0.05, 0.1) is 10.6 Å². The molecule has 0 saturated carbocycles. The molecule has 7 nitrogen and oxygen atoms in total.